The Morgan fingerprint density at radius 1 is 1.47 bits per heavy atom. The largest absolute Gasteiger partial charge is 0.507 e. The summed E-state index contributed by atoms with van der Waals surface area (Å²) in [5.41, 5.74) is 1.23. The summed E-state index contributed by atoms with van der Waals surface area (Å²) in [6.07, 6.45) is 0. The van der Waals surface area contributed by atoms with Gasteiger partial charge in [0.1, 0.15) is 11.4 Å². The number of fused-ring (bicyclic) bond motifs is 1. The zero-order valence-electron chi connectivity index (χ0n) is 8.52. The molecule has 0 radical (unpaired) electrons. The van der Waals surface area contributed by atoms with Gasteiger partial charge in [0.05, 0.1) is 12.6 Å². The second-order valence-corrected chi connectivity index (χ2v) is 3.29. The van der Waals surface area contributed by atoms with Crippen LogP contribution in [0.5, 0.6) is 5.75 Å². The third kappa shape index (κ3) is 1.34. The molecule has 78 valence electrons. The van der Waals surface area contributed by atoms with Crippen molar-refractivity contribution in [2.75, 3.05) is 7.11 Å². The number of nitrogens with zero attached hydrogens (tertiary/aromatic N) is 1. The molecule has 0 aliphatic rings. The summed E-state index contributed by atoms with van der Waals surface area (Å²) in [5, 5.41) is 10.3. The zero-order valence-corrected chi connectivity index (χ0v) is 8.52. The highest BCUT2D eigenvalue weighted by Gasteiger charge is 2.14. The highest BCUT2D eigenvalue weighted by atomic mass is 16.5. The molecular formula is C11H11NO3. The van der Waals surface area contributed by atoms with E-state index in [2.05, 4.69) is 4.74 Å². The average molecular weight is 205 g/mol. The first-order valence-corrected chi connectivity index (χ1v) is 4.51. The molecule has 1 N–H and O–H groups in total. The minimum absolute atomic E-state index is 0.165. The van der Waals surface area contributed by atoms with Gasteiger partial charge in [0.15, 0.2) is 0 Å². The highest BCUT2D eigenvalue weighted by Crippen LogP contribution is 2.27. The average Bonchev–Trinajstić information content (AvgIpc) is 2.57. The highest BCUT2D eigenvalue weighted by molar-refractivity contribution is 5.97. The Bertz CT molecular complexity index is 528. The van der Waals surface area contributed by atoms with E-state index < -0.39 is 5.97 Å². The summed E-state index contributed by atoms with van der Waals surface area (Å²) in [6, 6.07) is 6.78. The topological polar surface area (TPSA) is 51.5 Å². The van der Waals surface area contributed by atoms with E-state index in [4.69, 9.17) is 0 Å². The van der Waals surface area contributed by atoms with Gasteiger partial charge in [0.25, 0.3) is 0 Å². The molecule has 1 aromatic heterocycles. The van der Waals surface area contributed by atoms with E-state index in [0.717, 1.165) is 5.52 Å². The van der Waals surface area contributed by atoms with E-state index >= 15 is 0 Å². The first-order valence-electron chi connectivity index (χ1n) is 4.51. The number of methoxy groups -OCH3 is 1. The van der Waals surface area contributed by atoms with Crippen LogP contribution < -0.4 is 0 Å². The minimum atomic E-state index is -0.409. The van der Waals surface area contributed by atoms with Gasteiger partial charge < -0.3 is 14.4 Å². The van der Waals surface area contributed by atoms with Crippen LogP contribution in [0.3, 0.4) is 0 Å². The summed E-state index contributed by atoms with van der Waals surface area (Å²) < 4.78 is 6.34. The maximum absolute atomic E-state index is 11.4. The molecule has 15 heavy (non-hydrogen) atoms. The predicted octanol–water partition coefficient (Wildman–Crippen LogP) is 1.67. The van der Waals surface area contributed by atoms with Crippen LogP contribution in [-0.2, 0) is 11.8 Å². The molecule has 4 nitrogen and oxygen atoms in total. The Labute approximate surface area is 86.7 Å². The Morgan fingerprint density at radius 2 is 2.20 bits per heavy atom. The number of carbonyl (C=O) groups is 1. The van der Waals surface area contributed by atoms with Gasteiger partial charge in [-0.25, -0.2) is 4.79 Å². The molecule has 0 aliphatic carbocycles. The monoisotopic (exact) mass is 205 g/mol. The van der Waals surface area contributed by atoms with E-state index in [0.29, 0.717) is 11.1 Å². The van der Waals surface area contributed by atoms with E-state index in [1.165, 1.54) is 7.11 Å². The van der Waals surface area contributed by atoms with Gasteiger partial charge in [-0.3, -0.25) is 0 Å². The molecule has 0 amide bonds. The van der Waals surface area contributed by atoms with E-state index in [-0.39, 0.29) is 5.75 Å². The second-order valence-electron chi connectivity index (χ2n) is 3.29. The number of benzene rings is 1. The van der Waals surface area contributed by atoms with Crippen molar-refractivity contribution in [2.24, 2.45) is 7.05 Å². The van der Waals surface area contributed by atoms with Crippen molar-refractivity contribution in [1.29, 1.82) is 0 Å². The molecule has 0 fully saturated rings. The summed E-state index contributed by atoms with van der Waals surface area (Å²) in [7, 11) is 3.09. The Hall–Kier alpha value is -1.97. The molecule has 0 atom stereocenters. The molecule has 4 heteroatoms. The van der Waals surface area contributed by atoms with Crippen LogP contribution in [0.15, 0.2) is 24.3 Å². The standard InChI is InChI=1S/C11H11NO3/c1-12-8-4-3-5-10(13)7(8)6-9(12)11(14)15-2/h3-6,13H,1-2H3. The summed E-state index contributed by atoms with van der Waals surface area (Å²) in [6.45, 7) is 0. The maximum atomic E-state index is 11.4. The first kappa shape index (κ1) is 9.58. The Balaban J connectivity index is 2.75. The van der Waals surface area contributed by atoms with Crippen LogP contribution in [0.25, 0.3) is 10.9 Å². The number of carbonyl (C=O) groups excluding carboxylic acids is 1. The Morgan fingerprint density at radius 3 is 2.80 bits per heavy atom. The molecular weight excluding hydrogens is 194 g/mol. The lowest BCUT2D eigenvalue weighted by Crippen LogP contribution is -2.06. The fourth-order valence-corrected chi connectivity index (χ4v) is 1.65. The number of hydrogen-bond acceptors (Lipinski definition) is 3. The SMILES string of the molecule is COC(=O)c1cc2c(O)cccc2n1C. The molecule has 0 unspecified atom stereocenters. The number of ether oxygens (including phenoxy) is 1. The van der Waals surface area contributed by atoms with Crippen molar-refractivity contribution >= 4 is 16.9 Å². The summed E-state index contributed by atoms with van der Waals surface area (Å²) >= 11 is 0. The zero-order chi connectivity index (χ0) is 11.0. The van der Waals surface area contributed by atoms with Crippen molar-refractivity contribution < 1.29 is 14.6 Å². The van der Waals surface area contributed by atoms with Crippen LogP contribution in [0.2, 0.25) is 0 Å². The first-order chi connectivity index (χ1) is 7.15. The molecule has 0 bridgehead atoms. The minimum Gasteiger partial charge on any atom is -0.507 e. The molecule has 1 aromatic carbocycles. The summed E-state index contributed by atoms with van der Waals surface area (Å²) in [5.74, 6) is -0.244. The van der Waals surface area contributed by atoms with Crippen molar-refractivity contribution in [3.05, 3.63) is 30.0 Å². The molecule has 0 aliphatic heterocycles. The lowest BCUT2D eigenvalue weighted by Gasteiger charge is -2.01. The second kappa shape index (κ2) is 3.31. The summed E-state index contributed by atoms with van der Waals surface area (Å²) in [4.78, 5) is 11.4. The number of rotatable bonds is 1. The van der Waals surface area contributed by atoms with Crippen LogP contribution >= 0.6 is 0 Å². The van der Waals surface area contributed by atoms with Crippen molar-refractivity contribution in [2.45, 2.75) is 0 Å². The number of aromatic hydroxyl groups is 1. The van der Waals surface area contributed by atoms with Gasteiger partial charge in [-0.2, -0.15) is 0 Å². The van der Waals surface area contributed by atoms with Crippen molar-refractivity contribution in [1.82, 2.24) is 4.57 Å². The van der Waals surface area contributed by atoms with Gasteiger partial charge in [0.2, 0.25) is 0 Å². The Kier molecular flexibility index (Phi) is 2.11. The van der Waals surface area contributed by atoms with Gasteiger partial charge in [0, 0.05) is 12.4 Å². The van der Waals surface area contributed by atoms with Crippen molar-refractivity contribution in [3.63, 3.8) is 0 Å². The molecule has 1 heterocycles. The van der Waals surface area contributed by atoms with Crippen LogP contribution in [0.1, 0.15) is 10.5 Å². The van der Waals surface area contributed by atoms with Crippen molar-refractivity contribution in [3.8, 4) is 5.75 Å². The molecule has 0 saturated heterocycles. The van der Waals surface area contributed by atoms with E-state index in [1.807, 2.05) is 6.07 Å². The maximum Gasteiger partial charge on any atom is 0.354 e. The molecule has 0 spiro atoms. The number of hydrogen-bond donors (Lipinski definition) is 1. The van der Waals surface area contributed by atoms with Gasteiger partial charge in [-0.05, 0) is 18.2 Å². The number of esters is 1. The lowest BCUT2D eigenvalue weighted by atomic mass is 10.2. The number of aromatic nitrogens is 1. The molecule has 2 rings (SSSR count). The van der Waals surface area contributed by atoms with E-state index in [9.17, 15) is 9.90 Å². The lowest BCUT2D eigenvalue weighted by molar-refractivity contribution is 0.0590. The molecule has 2 aromatic rings. The fraction of sp³-hybridized carbons (Fsp3) is 0.182. The van der Waals surface area contributed by atoms with Gasteiger partial charge in [-0.15, -0.1) is 0 Å². The number of phenols is 1. The normalized spacial score (nSPS) is 10.5. The number of phenolic OH excluding ortho intramolecular Hbond substituents is 1. The van der Waals surface area contributed by atoms with Gasteiger partial charge in [-0.1, -0.05) is 6.07 Å². The third-order valence-corrected chi connectivity index (χ3v) is 2.46. The quantitative estimate of drug-likeness (QED) is 0.720. The predicted molar refractivity (Wildman–Crippen MR) is 55.9 cm³/mol. The molecule has 0 saturated carbocycles. The third-order valence-electron chi connectivity index (χ3n) is 2.46. The van der Waals surface area contributed by atoms with Crippen LogP contribution in [0.4, 0.5) is 0 Å². The van der Waals surface area contributed by atoms with E-state index in [1.54, 1.807) is 29.8 Å². The van der Waals surface area contributed by atoms with Crippen LogP contribution in [0, 0.1) is 0 Å². The van der Waals surface area contributed by atoms with Crippen LogP contribution in [-0.4, -0.2) is 22.8 Å². The number of aryl methyl sites for hydroxylation is 1. The fourth-order valence-electron chi connectivity index (χ4n) is 1.65. The van der Waals surface area contributed by atoms with Gasteiger partial charge >= 0.3 is 5.97 Å². The smallest absolute Gasteiger partial charge is 0.354 e.